The SMILES string of the molecule is ClCCCc1csc(-c2ccc3ccccc3c2)n1. The van der Waals surface area contributed by atoms with Gasteiger partial charge in [0.05, 0.1) is 5.69 Å². The molecule has 0 N–H and O–H groups in total. The number of hydrogen-bond acceptors (Lipinski definition) is 2. The summed E-state index contributed by atoms with van der Waals surface area (Å²) in [6.07, 6.45) is 1.95. The average Bonchev–Trinajstić information content (AvgIpc) is 2.93. The van der Waals surface area contributed by atoms with Gasteiger partial charge in [0, 0.05) is 16.8 Å². The predicted molar refractivity (Wildman–Crippen MR) is 84.1 cm³/mol. The van der Waals surface area contributed by atoms with E-state index < -0.39 is 0 Å². The van der Waals surface area contributed by atoms with Gasteiger partial charge in [-0.25, -0.2) is 4.98 Å². The van der Waals surface area contributed by atoms with Crippen molar-refractivity contribution in [3.8, 4) is 10.6 Å². The Bertz CT molecular complexity index is 690. The van der Waals surface area contributed by atoms with Gasteiger partial charge in [-0.15, -0.1) is 22.9 Å². The van der Waals surface area contributed by atoms with Crippen LogP contribution in [0.5, 0.6) is 0 Å². The molecule has 0 saturated heterocycles. The number of rotatable bonds is 4. The fourth-order valence-electron chi connectivity index (χ4n) is 2.12. The monoisotopic (exact) mass is 287 g/mol. The lowest BCUT2D eigenvalue weighted by molar-refractivity contribution is 0.900. The smallest absolute Gasteiger partial charge is 0.123 e. The molecule has 0 atom stereocenters. The van der Waals surface area contributed by atoms with Gasteiger partial charge in [0.25, 0.3) is 0 Å². The lowest BCUT2D eigenvalue weighted by atomic mass is 10.1. The Kier molecular flexibility index (Phi) is 3.81. The van der Waals surface area contributed by atoms with E-state index in [1.54, 1.807) is 11.3 Å². The second-order valence-electron chi connectivity index (χ2n) is 4.50. The van der Waals surface area contributed by atoms with Crippen LogP contribution < -0.4 is 0 Å². The second kappa shape index (κ2) is 5.72. The molecule has 0 spiro atoms. The van der Waals surface area contributed by atoms with Crippen LogP contribution >= 0.6 is 22.9 Å². The van der Waals surface area contributed by atoms with Crippen LogP contribution in [-0.2, 0) is 6.42 Å². The number of alkyl halides is 1. The molecular formula is C16H14ClNS. The minimum atomic E-state index is 0.697. The third-order valence-electron chi connectivity index (χ3n) is 3.11. The molecule has 19 heavy (non-hydrogen) atoms. The van der Waals surface area contributed by atoms with Crippen LogP contribution in [0.2, 0.25) is 0 Å². The standard InChI is InChI=1S/C16H14ClNS/c17-9-3-6-15-11-19-16(18-15)14-8-7-12-4-1-2-5-13(12)10-14/h1-2,4-5,7-8,10-11H,3,6,9H2. The van der Waals surface area contributed by atoms with Gasteiger partial charge in [-0.2, -0.15) is 0 Å². The van der Waals surface area contributed by atoms with Crippen LogP contribution in [0, 0.1) is 0 Å². The molecule has 1 aromatic heterocycles. The maximum atomic E-state index is 5.72. The summed E-state index contributed by atoms with van der Waals surface area (Å²) in [6.45, 7) is 0. The van der Waals surface area contributed by atoms with Crippen molar-refractivity contribution in [2.75, 3.05) is 5.88 Å². The normalized spacial score (nSPS) is 11.0. The van der Waals surface area contributed by atoms with E-state index in [0.29, 0.717) is 5.88 Å². The van der Waals surface area contributed by atoms with Gasteiger partial charge in [0.1, 0.15) is 5.01 Å². The van der Waals surface area contributed by atoms with Gasteiger partial charge in [-0.1, -0.05) is 36.4 Å². The summed E-state index contributed by atoms with van der Waals surface area (Å²) in [7, 11) is 0. The largest absolute Gasteiger partial charge is 0.241 e. The van der Waals surface area contributed by atoms with Gasteiger partial charge >= 0.3 is 0 Å². The predicted octanol–water partition coefficient (Wildman–Crippen LogP) is 5.13. The topological polar surface area (TPSA) is 12.9 Å². The van der Waals surface area contributed by atoms with E-state index in [1.165, 1.54) is 16.3 Å². The van der Waals surface area contributed by atoms with Crippen LogP contribution in [0.15, 0.2) is 47.8 Å². The number of aromatic nitrogens is 1. The van der Waals surface area contributed by atoms with Crippen molar-refractivity contribution >= 4 is 33.7 Å². The molecule has 0 aliphatic rings. The second-order valence-corrected chi connectivity index (χ2v) is 5.73. The third kappa shape index (κ3) is 2.80. The summed E-state index contributed by atoms with van der Waals surface area (Å²) in [5.74, 6) is 0.697. The first-order valence-corrected chi connectivity index (χ1v) is 7.78. The lowest BCUT2D eigenvalue weighted by Crippen LogP contribution is -1.86. The van der Waals surface area contributed by atoms with Crippen LogP contribution in [0.25, 0.3) is 21.3 Å². The van der Waals surface area contributed by atoms with Crippen molar-refractivity contribution in [3.05, 3.63) is 53.5 Å². The number of aryl methyl sites for hydroxylation is 1. The number of thiazole rings is 1. The Balaban J connectivity index is 1.92. The molecule has 0 fully saturated rings. The highest BCUT2D eigenvalue weighted by molar-refractivity contribution is 7.13. The molecule has 1 nitrogen and oxygen atoms in total. The lowest BCUT2D eigenvalue weighted by Gasteiger charge is -2.00. The van der Waals surface area contributed by atoms with Crippen molar-refractivity contribution in [2.24, 2.45) is 0 Å². The van der Waals surface area contributed by atoms with E-state index >= 15 is 0 Å². The molecular weight excluding hydrogens is 274 g/mol. The Hall–Kier alpha value is -1.38. The van der Waals surface area contributed by atoms with Crippen LogP contribution in [0.3, 0.4) is 0 Å². The number of halogens is 1. The fraction of sp³-hybridized carbons (Fsp3) is 0.188. The summed E-state index contributed by atoms with van der Waals surface area (Å²) in [4.78, 5) is 4.68. The zero-order valence-electron chi connectivity index (χ0n) is 10.5. The van der Waals surface area contributed by atoms with Gasteiger partial charge in [0.2, 0.25) is 0 Å². The summed E-state index contributed by atoms with van der Waals surface area (Å²) < 4.78 is 0. The molecule has 96 valence electrons. The fourth-order valence-corrected chi connectivity index (χ4v) is 3.11. The maximum Gasteiger partial charge on any atom is 0.123 e. The first-order chi connectivity index (χ1) is 9.36. The first-order valence-electron chi connectivity index (χ1n) is 6.36. The van der Waals surface area contributed by atoms with Gasteiger partial charge in [0.15, 0.2) is 0 Å². The van der Waals surface area contributed by atoms with E-state index in [1.807, 2.05) is 0 Å². The highest BCUT2D eigenvalue weighted by Gasteiger charge is 2.05. The molecule has 0 saturated carbocycles. The van der Waals surface area contributed by atoms with E-state index in [9.17, 15) is 0 Å². The summed E-state index contributed by atoms with van der Waals surface area (Å²) in [5.41, 5.74) is 2.34. The molecule has 0 aliphatic heterocycles. The number of nitrogens with zero attached hydrogens (tertiary/aromatic N) is 1. The zero-order valence-corrected chi connectivity index (χ0v) is 12.0. The highest BCUT2D eigenvalue weighted by atomic mass is 35.5. The van der Waals surface area contributed by atoms with E-state index in [4.69, 9.17) is 11.6 Å². The van der Waals surface area contributed by atoms with E-state index in [2.05, 4.69) is 52.8 Å². The minimum absolute atomic E-state index is 0.697. The Morgan fingerprint density at radius 1 is 1.05 bits per heavy atom. The molecule has 1 heterocycles. The van der Waals surface area contributed by atoms with Crippen molar-refractivity contribution < 1.29 is 0 Å². The quantitative estimate of drug-likeness (QED) is 0.606. The van der Waals surface area contributed by atoms with Gasteiger partial charge in [-0.3, -0.25) is 0 Å². The number of fused-ring (bicyclic) bond motifs is 1. The summed E-state index contributed by atoms with van der Waals surface area (Å²) >= 11 is 7.42. The summed E-state index contributed by atoms with van der Waals surface area (Å²) in [6, 6.07) is 14.9. The van der Waals surface area contributed by atoms with Crippen molar-refractivity contribution in [3.63, 3.8) is 0 Å². The molecule has 0 amide bonds. The molecule has 3 aromatic rings. The molecule has 0 radical (unpaired) electrons. The Labute approximate surface area is 121 Å². The van der Waals surface area contributed by atoms with Crippen molar-refractivity contribution in [1.82, 2.24) is 4.98 Å². The Morgan fingerprint density at radius 2 is 1.89 bits per heavy atom. The third-order valence-corrected chi connectivity index (χ3v) is 4.32. The molecule has 0 bridgehead atoms. The molecule has 2 aromatic carbocycles. The number of hydrogen-bond donors (Lipinski definition) is 0. The molecule has 3 rings (SSSR count). The van der Waals surface area contributed by atoms with Gasteiger partial charge < -0.3 is 0 Å². The minimum Gasteiger partial charge on any atom is -0.241 e. The van der Waals surface area contributed by atoms with Crippen LogP contribution in [-0.4, -0.2) is 10.9 Å². The summed E-state index contributed by atoms with van der Waals surface area (Å²) in [5, 5.41) is 5.76. The average molecular weight is 288 g/mol. The van der Waals surface area contributed by atoms with E-state index in [-0.39, 0.29) is 0 Å². The van der Waals surface area contributed by atoms with Crippen LogP contribution in [0.1, 0.15) is 12.1 Å². The van der Waals surface area contributed by atoms with Crippen molar-refractivity contribution in [2.45, 2.75) is 12.8 Å². The highest BCUT2D eigenvalue weighted by Crippen LogP contribution is 2.27. The van der Waals surface area contributed by atoms with Crippen molar-refractivity contribution in [1.29, 1.82) is 0 Å². The molecule has 3 heteroatoms. The number of benzene rings is 2. The van der Waals surface area contributed by atoms with E-state index in [0.717, 1.165) is 23.5 Å². The van der Waals surface area contributed by atoms with Crippen LogP contribution in [0.4, 0.5) is 0 Å². The molecule has 0 aliphatic carbocycles. The first kappa shape index (κ1) is 12.6. The Morgan fingerprint density at radius 3 is 2.74 bits per heavy atom. The maximum absolute atomic E-state index is 5.72. The van der Waals surface area contributed by atoms with Gasteiger partial charge in [-0.05, 0) is 29.7 Å². The molecule has 0 unspecified atom stereocenters. The zero-order chi connectivity index (χ0) is 13.1.